The Morgan fingerprint density at radius 1 is 0.958 bits per heavy atom. The molecule has 7 heteroatoms. The molecule has 0 unspecified atom stereocenters. The number of hydrogen-bond donors (Lipinski definition) is 2. The van der Waals surface area contributed by atoms with Crippen LogP contribution in [0.5, 0.6) is 0 Å². The molecule has 4 rings (SSSR count). The molecule has 3 aromatic heterocycles. The van der Waals surface area contributed by atoms with E-state index in [1.807, 2.05) is 48.5 Å². The van der Waals surface area contributed by atoms with Crippen molar-refractivity contribution in [3.05, 3.63) is 66.1 Å². The predicted molar refractivity (Wildman–Crippen MR) is 99.1 cm³/mol. The van der Waals surface area contributed by atoms with Gasteiger partial charge in [-0.3, -0.25) is 4.98 Å². The lowest BCUT2D eigenvalue weighted by Gasteiger charge is -2.06. The van der Waals surface area contributed by atoms with Crippen LogP contribution in [0.1, 0.15) is 0 Å². The zero-order valence-electron chi connectivity index (χ0n) is 12.4. The Bertz CT molecular complexity index is 969. The molecular formula is C17H13Cl2N5. The molecule has 1 aromatic carbocycles. The average Bonchev–Trinajstić information content (AvgIpc) is 3.01. The molecule has 0 saturated carbocycles. The zero-order chi connectivity index (χ0) is 15.6. The Hall–Kier alpha value is -2.63. The van der Waals surface area contributed by atoms with E-state index in [0.29, 0.717) is 5.02 Å². The van der Waals surface area contributed by atoms with Gasteiger partial charge in [-0.25, -0.2) is 9.97 Å². The number of benzene rings is 1. The van der Waals surface area contributed by atoms with E-state index in [1.54, 1.807) is 6.20 Å². The smallest absolute Gasteiger partial charge is 0.143 e. The lowest BCUT2D eigenvalue weighted by molar-refractivity contribution is 1.19. The molecule has 0 saturated heterocycles. The Morgan fingerprint density at radius 3 is 2.67 bits per heavy atom. The topological polar surface area (TPSA) is 66.5 Å². The summed E-state index contributed by atoms with van der Waals surface area (Å²) in [5.41, 5.74) is 3.39. The molecule has 0 bridgehead atoms. The third-order valence-corrected chi connectivity index (χ3v) is 3.69. The molecule has 0 aliphatic carbocycles. The Morgan fingerprint density at radius 2 is 1.88 bits per heavy atom. The molecule has 0 radical (unpaired) electrons. The van der Waals surface area contributed by atoms with Crippen LogP contribution in [-0.4, -0.2) is 19.9 Å². The third kappa shape index (κ3) is 3.18. The molecule has 0 fully saturated rings. The van der Waals surface area contributed by atoms with Crippen molar-refractivity contribution < 1.29 is 0 Å². The minimum atomic E-state index is 0. The SMILES string of the molecule is Cl.Clc1cccc(Nc2ncnc3[nH]c(-c4ccccn4)cc23)c1. The number of halogens is 2. The quantitative estimate of drug-likeness (QED) is 0.550. The Kier molecular flexibility index (Phi) is 4.64. The highest BCUT2D eigenvalue weighted by Crippen LogP contribution is 2.28. The molecule has 0 aliphatic rings. The second-order valence-electron chi connectivity index (χ2n) is 5.02. The van der Waals surface area contributed by atoms with Crippen LogP contribution in [0.3, 0.4) is 0 Å². The zero-order valence-corrected chi connectivity index (χ0v) is 14.0. The summed E-state index contributed by atoms with van der Waals surface area (Å²) in [6.07, 6.45) is 3.28. The van der Waals surface area contributed by atoms with Crippen LogP contribution in [0.15, 0.2) is 61.1 Å². The number of fused-ring (bicyclic) bond motifs is 1. The molecule has 0 amide bonds. The van der Waals surface area contributed by atoms with Crippen LogP contribution < -0.4 is 5.32 Å². The number of hydrogen-bond acceptors (Lipinski definition) is 4. The van der Waals surface area contributed by atoms with E-state index in [9.17, 15) is 0 Å². The summed E-state index contributed by atoms with van der Waals surface area (Å²) in [5.74, 6) is 0.718. The van der Waals surface area contributed by atoms with Gasteiger partial charge in [0.15, 0.2) is 0 Å². The first-order valence-corrected chi connectivity index (χ1v) is 7.45. The van der Waals surface area contributed by atoms with Crippen LogP contribution in [0.2, 0.25) is 5.02 Å². The van der Waals surface area contributed by atoms with E-state index in [0.717, 1.165) is 33.9 Å². The van der Waals surface area contributed by atoms with Crippen molar-refractivity contribution in [1.82, 2.24) is 19.9 Å². The van der Waals surface area contributed by atoms with Crippen molar-refractivity contribution in [3.8, 4) is 11.4 Å². The van der Waals surface area contributed by atoms with Gasteiger partial charge in [0, 0.05) is 16.9 Å². The van der Waals surface area contributed by atoms with Crippen molar-refractivity contribution in [2.45, 2.75) is 0 Å². The van der Waals surface area contributed by atoms with E-state index in [2.05, 4.69) is 25.3 Å². The fourth-order valence-electron chi connectivity index (χ4n) is 2.40. The fraction of sp³-hybridized carbons (Fsp3) is 0. The molecule has 4 aromatic rings. The minimum Gasteiger partial charge on any atom is -0.340 e. The molecular weight excluding hydrogens is 345 g/mol. The van der Waals surface area contributed by atoms with Crippen molar-refractivity contribution >= 4 is 46.5 Å². The molecule has 3 heterocycles. The lowest BCUT2D eigenvalue weighted by atomic mass is 10.2. The minimum absolute atomic E-state index is 0. The van der Waals surface area contributed by atoms with Gasteiger partial charge >= 0.3 is 0 Å². The first-order valence-electron chi connectivity index (χ1n) is 7.07. The van der Waals surface area contributed by atoms with Crippen LogP contribution >= 0.6 is 24.0 Å². The van der Waals surface area contributed by atoms with Crippen molar-refractivity contribution in [2.24, 2.45) is 0 Å². The second-order valence-corrected chi connectivity index (χ2v) is 5.45. The highest BCUT2D eigenvalue weighted by molar-refractivity contribution is 6.30. The first kappa shape index (κ1) is 16.2. The van der Waals surface area contributed by atoms with E-state index in [-0.39, 0.29) is 12.4 Å². The molecule has 5 nitrogen and oxygen atoms in total. The summed E-state index contributed by atoms with van der Waals surface area (Å²) in [4.78, 5) is 16.2. The summed E-state index contributed by atoms with van der Waals surface area (Å²) in [7, 11) is 0. The predicted octanol–water partition coefficient (Wildman–Crippen LogP) is 4.84. The van der Waals surface area contributed by atoms with Gasteiger partial charge in [0.1, 0.15) is 17.8 Å². The van der Waals surface area contributed by atoms with Gasteiger partial charge in [-0.15, -0.1) is 12.4 Å². The standard InChI is InChI=1S/C17H12ClN5.ClH/c18-11-4-3-5-12(8-11)22-16-13-9-15(14-6-1-2-7-19-14)23-17(13)21-10-20-16;/h1-10H,(H2,20,21,22,23);1H. The lowest BCUT2D eigenvalue weighted by Crippen LogP contribution is -1.94. The fourth-order valence-corrected chi connectivity index (χ4v) is 2.59. The maximum Gasteiger partial charge on any atom is 0.143 e. The van der Waals surface area contributed by atoms with Crippen LogP contribution in [0.4, 0.5) is 11.5 Å². The van der Waals surface area contributed by atoms with Gasteiger partial charge < -0.3 is 10.3 Å². The van der Waals surface area contributed by atoms with Gasteiger partial charge in [-0.05, 0) is 36.4 Å². The number of nitrogens with zero attached hydrogens (tertiary/aromatic N) is 3. The summed E-state index contributed by atoms with van der Waals surface area (Å²) < 4.78 is 0. The average molecular weight is 358 g/mol. The van der Waals surface area contributed by atoms with Crippen molar-refractivity contribution in [3.63, 3.8) is 0 Å². The normalized spacial score (nSPS) is 10.4. The van der Waals surface area contributed by atoms with Gasteiger partial charge in [0.25, 0.3) is 0 Å². The number of H-pyrrole nitrogens is 1. The van der Waals surface area contributed by atoms with Crippen molar-refractivity contribution in [1.29, 1.82) is 0 Å². The van der Waals surface area contributed by atoms with E-state index < -0.39 is 0 Å². The van der Waals surface area contributed by atoms with E-state index >= 15 is 0 Å². The molecule has 120 valence electrons. The van der Waals surface area contributed by atoms with Crippen LogP contribution in [0, 0.1) is 0 Å². The summed E-state index contributed by atoms with van der Waals surface area (Å²) >= 11 is 6.03. The summed E-state index contributed by atoms with van der Waals surface area (Å²) in [6, 6.07) is 15.3. The number of pyridine rings is 1. The highest BCUT2D eigenvalue weighted by Gasteiger charge is 2.10. The number of aromatic amines is 1. The van der Waals surface area contributed by atoms with Gasteiger partial charge in [-0.1, -0.05) is 23.7 Å². The molecule has 0 atom stereocenters. The first-order chi connectivity index (χ1) is 11.3. The van der Waals surface area contributed by atoms with Crippen LogP contribution in [0.25, 0.3) is 22.4 Å². The number of anilines is 2. The molecule has 0 aliphatic heterocycles. The summed E-state index contributed by atoms with van der Waals surface area (Å²) in [5, 5.41) is 4.84. The monoisotopic (exact) mass is 357 g/mol. The molecule has 0 spiro atoms. The Labute approximate surface area is 149 Å². The molecule has 24 heavy (non-hydrogen) atoms. The van der Waals surface area contributed by atoms with Gasteiger partial charge in [0.2, 0.25) is 0 Å². The largest absolute Gasteiger partial charge is 0.340 e. The number of nitrogens with one attached hydrogen (secondary N) is 2. The molecule has 2 N–H and O–H groups in total. The second kappa shape index (κ2) is 6.86. The third-order valence-electron chi connectivity index (χ3n) is 3.45. The number of rotatable bonds is 3. The van der Waals surface area contributed by atoms with E-state index in [1.165, 1.54) is 6.33 Å². The van der Waals surface area contributed by atoms with Gasteiger partial charge in [-0.2, -0.15) is 0 Å². The van der Waals surface area contributed by atoms with Gasteiger partial charge in [0.05, 0.1) is 16.8 Å². The summed E-state index contributed by atoms with van der Waals surface area (Å²) in [6.45, 7) is 0. The highest BCUT2D eigenvalue weighted by atomic mass is 35.5. The van der Waals surface area contributed by atoms with E-state index in [4.69, 9.17) is 11.6 Å². The van der Waals surface area contributed by atoms with Crippen LogP contribution in [-0.2, 0) is 0 Å². The maximum absolute atomic E-state index is 6.03. The maximum atomic E-state index is 6.03. The van der Waals surface area contributed by atoms with Crippen molar-refractivity contribution in [2.75, 3.05) is 5.32 Å². The number of aromatic nitrogens is 4. The Balaban J connectivity index is 0.00000169.